The number of halogens is 3. The minimum atomic E-state index is -4.46. The minimum Gasteiger partial charge on any atom is -0.326 e. The second kappa shape index (κ2) is 6.25. The van der Waals surface area contributed by atoms with E-state index in [2.05, 4.69) is 15.2 Å². The second-order valence-corrected chi connectivity index (χ2v) is 5.64. The van der Waals surface area contributed by atoms with Crippen molar-refractivity contribution in [3.63, 3.8) is 0 Å². The molecule has 1 rings (SSSR count). The van der Waals surface area contributed by atoms with Crippen LogP contribution in [0, 0.1) is 0 Å². The number of alkyl halides is 3. The van der Waals surface area contributed by atoms with Crippen LogP contribution >= 0.6 is 7.60 Å². The zero-order chi connectivity index (χ0) is 15.4. The summed E-state index contributed by atoms with van der Waals surface area (Å²) >= 11 is 0. The first kappa shape index (κ1) is 16.5. The van der Waals surface area contributed by atoms with Crippen molar-refractivity contribution in [2.24, 2.45) is 0 Å². The first-order valence-electron chi connectivity index (χ1n) is 5.24. The van der Waals surface area contributed by atoms with Crippen LogP contribution in [0.3, 0.4) is 0 Å². The molecule has 1 unspecified atom stereocenters. The van der Waals surface area contributed by atoms with Crippen LogP contribution in [-0.2, 0) is 15.3 Å². The normalized spacial score (nSPS) is 14.4. The molecule has 10 heteroatoms. The van der Waals surface area contributed by atoms with Gasteiger partial charge in [0.1, 0.15) is 6.29 Å². The van der Waals surface area contributed by atoms with E-state index in [-0.39, 0.29) is 5.69 Å². The molecule has 1 aromatic carbocycles. The molecule has 0 saturated heterocycles. The summed E-state index contributed by atoms with van der Waals surface area (Å²) in [5, 5.41) is 4.27. The Balaban J connectivity index is 2.57. The van der Waals surface area contributed by atoms with E-state index in [9.17, 15) is 22.5 Å². The summed E-state index contributed by atoms with van der Waals surface area (Å²) in [7, 11) is -2.87. The lowest BCUT2D eigenvalue weighted by molar-refractivity contribution is -0.137. The summed E-state index contributed by atoms with van der Waals surface area (Å²) in [6.07, 6.45) is -5.07. The van der Waals surface area contributed by atoms with Gasteiger partial charge in [0.2, 0.25) is 0 Å². The van der Waals surface area contributed by atoms with E-state index in [1.165, 1.54) is 0 Å². The minimum absolute atomic E-state index is 0.112. The van der Waals surface area contributed by atoms with Crippen molar-refractivity contribution in [2.75, 3.05) is 18.7 Å². The van der Waals surface area contributed by atoms with Crippen LogP contribution in [0.25, 0.3) is 0 Å². The van der Waals surface area contributed by atoms with Crippen molar-refractivity contribution in [2.45, 2.75) is 6.18 Å². The maximum absolute atomic E-state index is 12.3. The number of hydrogen-bond acceptors (Lipinski definition) is 3. The SMILES string of the molecule is COP(=O)(O)CNC(=O)Nc1ccc(C(F)(F)F)cc1. The van der Waals surface area contributed by atoms with Crippen molar-refractivity contribution >= 4 is 19.3 Å². The number of rotatable bonds is 4. The van der Waals surface area contributed by atoms with Gasteiger partial charge in [0.05, 0.1) is 5.56 Å². The van der Waals surface area contributed by atoms with Crippen molar-refractivity contribution in [3.05, 3.63) is 29.8 Å². The molecular formula is C10H12F3N2O4P. The van der Waals surface area contributed by atoms with Crippen LogP contribution in [0.4, 0.5) is 23.7 Å². The number of urea groups is 1. The van der Waals surface area contributed by atoms with E-state index in [0.29, 0.717) is 0 Å². The summed E-state index contributed by atoms with van der Waals surface area (Å²) in [6.45, 7) is 0. The Bertz CT molecular complexity index is 518. The average molecular weight is 312 g/mol. The molecule has 20 heavy (non-hydrogen) atoms. The third-order valence-electron chi connectivity index (χ3n) is 2.19. The Morgan fingerprint density at radius 2 is 1.90 bits per heavy atom. The van der Waals surface area contributed by atoms with Gasteiger partial charge in [-0.1, -0.05) is 0 Å². The second-order valence-electron chi connectivity index (χ2n) is 3.68. The van der Waals surface area contributed by atoms with Gasteiger partial charge >= 0.3 is 19.8 Å². The highest BCUT2D eigenvalue weighted by Crippen LogP contribution is 2.38. The Kier molecular flexibility index (Phi) is 5.15. The molecule has 0 spiro atoms. The van der Waals surface area contributed by atoms with Gasteiger partial charge in [-0.3, -0.25) is 4.57 Å². The molecule has 0 saturated carbocycles. The first-order chi connectivity index (χ1) is 9.14. The van der Waals surface area contributed by atoms with Gasteiger partial charge in [0.25, 0.3) is 0 Å². The first-order valence-corrected chi connectivity index (χ1v) is 7.00. The zero-order valence-electron chi connectivity index (χ0n) is 10.3. The lowest BCUT2D eigenvalue weighted by Gasteiger charge is -2.11. The monoisotopic (exact) mass is 312 g/mol. The number of hydrogen-bond donors (Lipinski definition) is 3. The van der Waals surface area contributed by atoms with Gasteiger partial charge in [0, 0.05) is 12.8 Å². The Hall–Kier alpha value is -1.57. The summed E-state index contributed by atoms with van der Waals surface area (Å²) in [6, 6.07) is 2.91. The Labute approximate surface area is 112 Å². The molecule has 0 radical (unpaired) electrons. The van der Waals surface area contributed by atoms with E-state index < -0.39 is 31.7 Å². The van der Waals surface area contributed by atoms with E-state index in [4.69, 9.17) is 4.89 Å². The van der Waals surface area contributed by atoms with Gasteiger partial charge in [0.15, 0.2) is 0 Å². The predicted octanol–water partition coefficient (Wildman–Crippen LogP) is 2.62. The lowest BCUT2D eigenvalue weighted by Crippen LogP contribution is -2.29. The third-order valence-corrected chi connectivity index (χ3v) is 3.32. The van der Waals surface area contributed by atoms with Crippen molar-refractivity contribution in [1.82, 2.24) is 5.32 Å². The maximum Gasteiger partial charge on any atom is 0.416 e. The number of amides is 2. The maximum atomic E-state index is 12.3. The van der Waals surface area contributed by atoms with Crippen LogP contribution in [-0.4, -0.2) is 24.3 Å². The van der Waals surface area contributed by atoms with E-state index in [1.54, 1.807) is 0 Å². The standard InChI is InChI=1S/C10H12F3N2O4P/c1-19-20(17,18)6-14-9(16)15-8-4-2-7(3-5-8)10(11,12)13/h2-5H,6H2,1H3,(H,17,18)(H2,14,15,16). The van der Waals surface area contributed by atoms with Gasteiger partial charge < -0.3 is 20.1 Å². The third kappa shape index (κ3) is 5.20. The van der Waals surface area contributed by atoms with Crippen molar-refractivity contribution < 1.29 is 31.9 Å². The lowest BCUT2D eigenvalue weighted by atomic mass is 10.2. The number of nitrogens with one attached hydrogen (secondary N) is 2. The van der Waals surface area contributed by atoms with Gasteiger partial charge in [-0.2, -0.15) is 13.2 Å². The summed E-state index contributed by atoms with van der Waals surface area (Å²) in [5.74, 6) is 0. The summed E-state index contributed by atoms with van der Waals surface area (Å²) < 4.78 is 52.2. The molecule has 0 fully saturated rings. The fraction of sp³-hybridized carbons (Fsp3) is 0.300. The van der Waals surface area contributed by atoms with Gasteiger partial charge in [-0.05, 0) is 24.3 Å². The molecule has 0 heterocycles. The van der Waals surface area contributed by atoms with E-state index >= 15 is 0 Å². The summed E-state index contributed by atoms with van der Waals surface area (Å²) in [5.41, 5.74) is -0.733. The Morgan fingerprint density at radius 1 is 1.35 bits per heavy atom. The van der Waals surface area contributed by atoms with Crippen molar-refractivity contribution in [1.29, 1.82) is 0 Å². The fourth-order valence-electron chi connectivity index (χ4n) is 1.15. The number of carbonyl (C=O) groups excluding carboxylic acids is 1. The fourth-order valence-corrected chi connectivity index (χ4v) is 1.63. The molecule has 6 nitrogen and oxygen atoms in total. The Morgan fingerprint density at radius 3 is 2.35 bits per heavy atom. The van der Waals surface area contributed by atoms with Gasteiger partial charge in [-0.15, -0.1) is 0 Å². The van der Waals surface area contributed by atoms with E-state index in [1.807, 2.05) is 0 Å². The largest absolute Gasteiger partial charge is 0.416 e. The molecular weight excluding hydrogens is 300 g/mol. The molecule has 1 atom stereocenters. The number of benzene rings is 1. The molecule has 2 amide bonds. The van der Waals surface area contributed by atoms with Crippen LogP contribution in [0.5, 0.6) is 0 Å². The molecule has 0 aliphatic rings. The molecule has 0 aliphatic carbocycles. The van der Waals surface area contributed by atoms with E-state index in [0.717, 1.165) is 31.4 Å². The number of carbonyl (C=O) groups is 1. The van der Waals surface area contributed by atoms with Crippen LogP contribution in [0.1, 0.15) is 5.56 Å². The van der Waals surface area contributed by atoms with Crippen LogP contribution < -0.4 is 10.6 Å². The highest BCUT2D eigenvalue weighted by Gasteiger charge is 2.30. The van der Waals surface area contributed by atoms with Crippen LogP contribution in [0.15, 0.2) is 24.3 Å². The highest BCUT2D eigenvalue weighted by molar-refractivity contribution is 7.52. The highest BCUT2D eigenvalue weighted by atomic mass is 31.2. The quantitative estimate of drug-likeness (QED) is 0.746. The number of anilines is 1. The molecule has 112 valence electrons. The zero-order valence-corrected chi connectivity index (χ0v) is 11.2. The van der Waals surface area contributed by atoms with Crippen molar-refractivity contribution in [3.8, 4) is 0 Å². The smallest absolute Gasteiger partial charge is 0.326 e. The average Bonchev–Trinajstić information content (AvgIpc) is 2.36. The van der Waals surface area contributed by atoms with Gasteiger partial charge in [-0.25, -0.2) is 4.79 Å². The molecule has 0 bridgehead atoms. The predicted molar refractivity (Wildman–Crippen MR) is 65.3 cm³/mol. The topological polar surface area (TPSA) is 87.7 Å². The summed E-state index contributed by atoms with van der Waals surface area (Å²) in [4.78, 5) is 20.4. The molecule has 3 N–H and O–H groups in total. The molecule has 1 aromatic rings. The molecule has 0 aliphatic heterocycles. The van der Waals surface area contributed by atoms with Crippen LogP contribution in [0.2, 0.25) is 0 Å². The molecule has 0 aromatic heterocycles.